The van der Waals surface area contributed by atoms with Gasteiger partial charge < -0.3 is 10.1 Å². The number of esters is 1. The van der Waals surface area contributed by atoms with Crippen LogP contribution in [0.4, 0.5) is 5.00 Å². The van der Waals surface area contributed by atoms with E-state index >= 15 is 0 Å². The summed E-state index contributed by atoms with van der Waals surface area (Å²) in [5.74, 6) is 0.213. The molecule has 1 amide bonds. The third-order valence-electron chi connectivity index (χ3n) is 4.48. The molecular formula is C20H22ClNO3S2. The van der Waals surface area contributed by atoms with Gasteiger partial charge >= 0.3 is 5.97 Å². The Bertz CT molecular complexity index is 817. The van der Waals surface area contributed by atoms with Crippen molar-refractivity contribution in [3.05, 3.63) is 45.3 Å². The van der Waals surface area contributed by atoms with Crippen molar-refractivity contribution in [1.82, 2.24) is 0 Å². The van der Waals surface area contributed by atoms with Crippen molar-refractivity contribution in [2.24, 2.45) is 0 Å². The van der Waals surface area contributed by atoms with Crippen LogP contribution in [0.5, 0.6) is 0 Å². The zero-order valence-electron chi connectivity index (χ0n) is 15.2. The van der Waals surface area contributed by atoms with Gasteiger partial charge in [-0.05, 0) is 55.5 Å². The molecule has 2 aromatic rings. The minimum atomic E-state index is -0.361. The number of carbonyl (C=O) groups excluding carboxylic acids is 2. The van der Waals surface area contributed by atoms with Crippen LogP contribution in [0.15, 0.2) is 29.2 Å². The number of thiophene rings is 1. The van der Waals surface area contributed by atoms with Gasteiger partial charge in [0.15, 0.2) is 0 Å². The molecule has 1 aliphatic rings. The average molecular weight is 424 g/mol. The molecule has 0 bridgehead atoms. The highest BCUT2D eigenvalue weighted by Gasteiger charge is 2.26. The number of fused-ring (bicyclic) bond motifs is 1. The van der Waals surface area contributed by atoms with Crippen molar-refractivity contribution in [1.29, 1.82) is 0 Å². The lowest BCUT2D eigenvalue weighted by atomic mass is 10.1. The molecule has 3 rings (SSSR count). The predicted octanol–water partition coefficient (Wildman–Crippen LogP) is 5.58. The van der Waals surface area contributed by atoms with E-state index in [2.05, 4.69) is 5.32 Å². The fourth-order valence-corrected chi connectivity index (χ4v) is 5.40. The Morgan fingerprint density at radius 2 is 1.93 bits per heavy atom. The Morgan fingerprint density at radius 1 is 1.19 bits per heavy atom. The van der Waals surface area contributed by atoms with Crippen LogP contribution >= 0.6 is 34.7 Å². The average Bonchev–Trinajstić information content (AvgIpc) is 2.83. The Hall–Kier alpha value is -1.50. The monoisotopic (exact) mass is 423 g/mol. The molecule has 0 spiro atoms. The summed E-state index contributed by atoms with van der Waals surface area (Å²) < 4.78 is 4.97. The van der Waals surface area contributed by atoms with Crippen molar-refractivity contribution in [2.45, 2.75) is 43.4 Å². The normalized spacial score (nSPS) is 13.6. The van der Waals surface area contributed by atoms with E-state index in [1.54, 1.807) is 11.8 Å². The molecule has 1 heterocycles. The number of carbonyl (C=O) groups is 2. The molecule has 1 aromatic carbocycles. The third-order valence-corrected chi connectivity index (χ3v) is 6.95. The van der Waals surface area contributed by atoms with Crippen molar-refractivity contribution in [3.8, 4) is 0 Å². The fraction of sp³-hybridized carbons (Fsp3) is 0.400. The molecule has 1 aromatic heterocycles. The number of halogens is 1. The molecule has 0 atom stereocenters. The van der Waals surface area contributed by atoms with Gasteiger partial charge in [-0.25, -0.2) is 4.79 Å². The summed E-state index contributed by atoms with van der Waals surface area (Å²) in [6.45, 7) is 0. The van der Waals surface area contributed by atoms with Crippen LogP contribution in [0.2, 0.25) is 5.02 Å². The van der Waals surface area contributed by atoms with Gasteiger partial charge in [-0.15, -0.1) is 23.1 Å². The summed E-state index contributed by atoms with van der Waals surface area (Å²) in [6, 6.07) is 7.56. The van der Waals surface area contributed by atoms with E-state index in [4.69, 9.17) is 16.3 Å². The fourth-order valence-electron chi connectivity index (χ4n) is 3.13. The first kappa shape index (κ1) is 20.2. The minimum Gasteiger partial charge on any atom is -0.465 e. The van der Waals surface area contributed by atoms with E-state index in [0.29, 0.717) is 27.8 Å². The molecule has 144 valence electrons. The number of benzene rings is 1. The Balaban J connectivity index is 1.64. The third kappa shape index (κ3) is 5.27. The second-order valence-corrected chi connectivity index (χ2v) is 9.07. The molecule has 4 nitrogen and oxygen atoms in total. The highest BCUT2D eigenvalue weighted by Crippen LogP contribution is 2.38. The van der Waals surface area contributed by atoms with Crippen LogP contribution in [0.1, 0.15) is 46.5 Å². The first-order valence-electron chi connectivity index (χ1n) is 8.99. The quantitative estimate of drug-likeness (QED) is 0.374. The molecule has 7 heteroatoms. The topological polar surface area (TPSA) is 55.4 Å². The Labute approximate surface area is 172 Å². The number of hydrogen-bond donors (Lipinski definition) is 1. The van der Waals surface area contributed by atoms with Crippen LogP contribution in [0.3, 0.4) is 0 Å². The number of amides is 1. The molecule has 1 N–H and O–H groups in total. The van der Waals surface area contributed by atoms with Gasteiger partial charge in [0.25, 0.3) is 0 Å². The summed E-state index contributed by atoms with van der Waals surface area (Å²) >= 11 is 9.01. The van der Waals surface area contributed by atoms with Crippen LogP contribution in [-0.2, 0) is 22.4 Å². The largest absolute Gasteiger partial charge is 0.465 e. The zero-order chi connectivity index (χ0) is 19.2. The molecule has 0 saturated carbocycles. The maximum atomic E-state index is 12.4. The molecule has 27 heavy (non-hydrogen) atoms. The maximum absolute atomic E-state index is 12.4. The van der Waals surface area contributed by atoms with Gasteiger partial charge in [-0.1, -0.05) is 18.0 Å². The van der Waals surface area contributed by atoms with Crippen LogP contribution in [0.25, 0.3) is 0 Å². The van der Waals surface area contributed by atoms with Crippen molar-refractivity contribution >= 4 is 51.6 Å². The van der Waals surface area contributed by atoms with E-state index in [1.807, 2.05) is 24.3 Å². The number of methoxy groups -OCH3 is 1. The van der Waals surface area contributed by atoms with Gasteiger partial charge in [-0.2, -0.15) is 0 Å². The van der Waals surface area contributed by atoms with Crippen LogP contribution < -0.4 is 5.32 Å². The predicted molar refractivity (Wildman–Crippen MR) is 112 cm³/mol. The standard InChI is InChI=1S/C20H22ClNO3S2/c1-25-20(24)18-15-5-3-2-4-6-16(15)27-19(18)22-17(23)11-12-26-14-9-7-13(21)8-10-14/h7-10H,2-6,11-12H2,1H3,(H,22,23). The van der Waals surface area contributed by atoms with E-state index in [-0.39, 0.29) is 11.9 Å². The van der Waals surface area contributed by atoms with E-state index in [9.17, 15) is 9.59 Å². The molecule has 0 unspecified atom stereocenters. The highest BCUT2D eigenvalue weighted by atomic mass is 35.5. The van der Waals surface area contributed by atoms with Gasteiger partial charge in [0.1, 0.15) is 5.00 Å². The van der Waals surface area contributed by atoms with Gasteiger partial charge in [-0.3, -0.25) is 4.79 Å². The SMILES string of the molecule is COC(=O)c1c(NC(=O)CCSc2ccc(Cl)cc2)sc2c1CCCCC2. The molecule has 0 radical (unpaired) electrons. The first-order chi connectivity index (χ1) is 13.1. The Morgan fingerprint density at radius 3 is 2.67 bits per heavy atom. The summed E-state index contributed by atoms with van der Waals surface area (Å²) in [6.07, 6.45) is 5.57. The number of ether oxygens (including phenoxy) is 1. The lowest BCUT2D eigenvalue weighted by Crippen LogP contribution is -2.15. The molecule has 0 saturated heterocycles. The number of nitrogens with one attached hydrogen (secondary N) is 1. The van der Waals surface area contributed by atoms with Crippen molar-refractivity contribution in [3.63, 3.8) is 0 Å². The highest BCUT2D eigenvalue weighted by molar-refractivity contribution is 7.99. The molecule has 1 aliphatic carbocycles. The second-order valence-electron chi connectivity index (χ2n) is 6.36. The first-order valence-corrected chi connectivity index (χ1v) is 11.2. The van der Waals surface area contributed by atoms with E-state index in [0.717, 1.165) is 36.1 Å². The lowest BCUT2D eigenvalue weighted by molar-refractivity contribution is -0.115. The summed E-state index contributed by atoms with van der Waals surface area (Å²) in [5.41, 5.74) is 1.62. The van der Waals surface area contributed by atoms with Gasteiger partial charge in [0, 0.05) is 27.0 Å². The zero-order valence-corrected chi connectivity index (χ0v) is 17.6. The molecule has 0 fully saturated rings. The summed E-state index contributed by atoms with van der Waals surface area (Å²) in [5, 5.41) is 4.28. The van der Waals surface area contributed by atoms with Crippen molar-refractivity contribution < 1.29 is 14.3 Å². The van der Waals surface area contributed by atoms with Crippen LogP contribution in [-0.4, -0.2) is 24.7 Å². The smallest absolute Gasteiger partial charge is 0.341 e. The van der Waals surface area contributed by atoms with Crippen LogP contribution in [0, 0.1) is 0 Å². The van der Waals surface area contributed by atoms with Gasteiger partial charge in [0.2, 0.25) is 5.91 Å². The lowest BCUT2D eigenvalue weighted by Gasteiger charge is -2.07. The summed E-state index contributed by atoms with van der Waals surface area (Å²) in [7, 11) is 1.39. The second kappa shape index (κ2) is 9.62. The number of hydrogen-bond acceptors (Lipinski definition) is 5. The van der Waals surface area contributed by atoms with E-state index in [1.165, 1.54) is 29.7 Å². The molecule has 0 aliphatic heterocycles. The Kier molecular flexibility index (Phi) is 7.21. The summed E-state index contributed by atoms with van der Waals surface area (Å²) in [4.78, 5) is 27.0. The molecular weight excluding hydrogens is 402 g/mol. The number of thioether (sulfide) groups is 1. The number of rotatable bonds is 6. The van der Waals surface area contributed by atoms with Crippen molar-refractivity contribution in [2.75, 3.05) is 18.2 Å². The minimum absolute atomic E-state index is 0.0852. The van der Waals surface area contributed by atoms with E-state index < -0.39 is 0 Å². The number of aryl methyl sites for hydroxylation is 1. The van der Waals surface area contributed by atoms with Gasteiger partial charge in [0.05, 0.1) is 12.7 Å². The maximum Gasteiger partial charge on any atom is 0.341 e. The number of anilines is 1.